The van der Waals surface area contributed by atoms with Gasteiger partial charge in [-0.15, -0.1) is 0 Å². The van der Waals surface area contributed by atoms with E-state index >= 15 is 0 Å². The number of halogens is 1. The van der Waals surface area contributed by atoms with Crippen LogP contribution in [0.15, 0.2) is 48.5 Å². The highest BCUT2D eigenvalue weighted by molar-refractivity contribution is 7.89. The molecule has 0 aliphatic carbocycles. The maximum atomic E-state index is 14.1. The molecule has 0 N–H and O–H groups in total. The second kappa shape index (κ2) is 8.50. The van der Waals surface area contributed by atoms with Crippen molar-refractivity contribution in [1.29, 1.82) is 0 Å². The minimum Gasteiger partial charge on any atom is -0.497 e. The molecule has 9 heteroatoms. The Balaban J connectivity index is 1.52. The Bertz CT molecular complexity index is 995. The lowest BCUT2D eigenvalue weighted by Gasteiger charge is -2.37. The third kappa shape index (κ3) is 3.90. The van der Waals surface area contributed by atoms with Crippen molar-refractivity contribution in [2.45, 2.75) is 11.3 Å². The van der Waals surface area contributed by atoms with Crippen LogP contribution in [0.25, 0.3) is 0 Å². The first kappa shape index (κ1) is 21.0. The van der Waals surface area contributed by atoms with Crippen LogP contribution < -0.4 is 9.64 Å². The van der Waals surface area contributed by atoms with Gasteiger partial charge in [0, 0.05) is 33.2 Å². The number of hydrogen-bond donors (Lipinski definition) is 0. The maximum absolute atomic E-state index is 14.1. The highest BCUT2D eigenvalue weighted by Crippen LogP contribution is 2.36. The van der Waals surface area contributed by atoms with E-state index in [4.69, 9.17) is 9.57 Å². The highest BCUT2D eigenvalue weighted by Gasteiger charge is 2.46. The monoisotopic (exact) mass is 435 g/mol. The zero-order chi connectivity index (χ0) is 21.3. The average molecular weight is 436 g/mol. The Morgan fingerprint density at radius 3 is 2.50 bits per heavy atom. The van der Waals surface area contributed by atoms with E-state index in [0.29, 0.717) is 37.6 Å². The molecular formula is C21H26FN3O4S. The minimum atomic E-state index is -3.62. The third-order valence-corrected chi connectivity index (χ3v) is 8.04. The molecule has 0 unspecified atom stereocenters. The lowest BCUT2D eigenvalue weighted by atomic mass is 10.0. The molecule has 162 valence electrons. The van der Waals surface area contributed by atoms with E-state index in [1.54, 1.807) is 37.4 Å². The summed E-state index contributed by atoms with van der Waals surface area (Å²) in [4.78, 5) is 7.50. The van der Waals surface area contributed by atoms with Crippen LogP contribution in [0, 0.1) is 5.82 Å². The Kier molecular flexibility index (Phi) is 5.97. The lowest BCUT2D eigenvalue weighted by Crippen LogP contribution is -2.52. The molecule has 0 bridgehead atoms. The van der Waals surface area contributed by atoms with Crippen molar-refractivity contribution in [3.05, 3.63) is 59.9 Å². The summed E-state index contributed by atoms with van der Waals surface area (Å²) in [7, 11) is -0.295. The Hall–Kier alpha value is -2.20. The number of ether oxygens (including phenoxy) is 1. The van der Waals surface area contributed by atoms with Crippen molar-refractivity contribution < 1.29 is 22.4 Å². The number of hydrogen-bond acceptors (Lipinski definition) is 6. The molecular weight excluding hydrogens is 409 g/mol. The fourth-order valence-electron chi connectivity index (χ4n) is 4.18. The van der Waals surface area contributed by atoms with Gasteiger partial charge < -0.3 is 9.64 Å². The molecule has 2 saturated heterocycles. The van der Waals surface area contributed by atoms with E-state index in [9.17, 15) is 12.8 Å². The molecule has 2 aliphatic rings. The van der Waals surface area contributed by atoms with Crippen LogP contribution in [0.3, 0.4) is 0 Å². The van der Waals surface area contributed by atoms with E-state index in [1.165, 1.54) is 10.4 Å². The standard InChI is InChI=1S/C21H26FN3O4S/c1-23-21(16-6-5-7-17(14-16)28-2)20(15-29-23)30(26,27)25-12-10-24(11-13-25)19-9-4-3-8-18(19)22/h3-9,14,20-21H,10-13,15H2,1-2H3/t20-,21+/m1/s1. The number of rotatable bonds is 5. The molecule has 2 aromatic rings. The Morgan fingerprint density at radius 1 is 1.07 bits per heavy atom. The van der Waals surface area contributed by atoms with Crippen molar-refractivity contribution in [3.8, 4) is 5.75 Å². The molecule has 7 nitrogen and oxygen atoms in total. The molecule has 0 aromatic heterocycles. The first-order valence-electron chi connectivity index (χ1n) is 9.90. The fraction of sp³-hybridized carbons (Fsp3) is 0.429. The highest BCUT2D eigenvalue weighted by atomic mass is 32.2. The summed E-state index contributed by atoms with van der Waals surface area (Å²) in [6.07, 6.45) is 0. The molecule has 2 aliphatic heterocycles. The number of benzene rings is 2. The summed E-state index contributed by atoms with van der Waals surface area (Å²) in [5.74, 6) is 0.375. The zero-order valence-corrected chi connectivity index (χ0v) is 17.9. The van der Waals surface area contributed by atoms with Crippen LogP contribution in [-0.4, -0.2) is 70.0 Å². The largest absolute Gasteiger partial charge is 0.497 e. The molecule has 2 atom stereocenters. The SMILES string of the molecule is COc1cccc([C@H]2[C@H](S(=O)(=O)N3CCN(c4ccccc4F)CC3)CON2C)c1. The van der Waals surface area contributed by atoms with Gasteiger partial charge in [-0.2, -0.15) is 9.37 Å². The summed E-state index contributed by atoms with van der Waals surface area (Å²) < 4.78 is 47.8. The first-order valence-corrected chi connectivity index (χ1v) is 11.4. The van der Waals surface area contributed by atoms with Crippen LogP contribution in [0.5, 0.6) is 5.75 Å². The number of nitrogens with zero attached hydrogens (tertiary/aromatic N) is 3. The van der Waals surface area contributed by atoms with Crippen molar-refractivity contribution >= 4 is 15.7 Å². The first-order chi connectivity index (χ1) is 14.4. The van der Waals surface area contributed by atoms with E-state index in [0.717, 1.165) is 5.56 Å². The van der Waals surface area contributed by atoms with Gasteiger partial charge in [-0.3, -0.25) is 4.84 Å². The van der Waals surface area contributed by atoms with Gasteiger partial charge in [-0.25, -0.2) is 12.8 Å². The van der Waals surface area contributed by atoms with Gasteiger partial charge in [0.05, 0.1) is 25.4 Å². The van der Waals surface area contributed by atoms with Gasteiger partial charge in [0.2, 0.25) is 10.0 Å². The number of piperazine rings is 1. The molecule has 4 rings (SSSR count). The smallest absolute Gasteiger partial charge is 0.221 e. The zero-order valence-electron chi connectivity index (χ0n) is 17.1. The topological polar surface area (TPSA) is 62.3 Å². The molecule has 0 spiro atoms. The molecule has 0 saturated carbocycles. The average Bonchev–Trinajstić information content (AvgIpc) is 3.16. The van der Waals surface area contributed by atoms with Crippen molar-refractivity contribution in [2.24, 2.45) is 0 Å². The van der Waals surface area contributed by atoms with E-state index < -0.39 is 21.3 Å². The number of anilines is 1. The minimum absolute atomic E-state index is 0.0915. The lowest BCUT2D eigenvalue weighted by molar-refractivity contribution is -0.110. The van der Waals surface area contributed by atoms with Gasteiger partial charge in [0.15, 0.2) is 0 Å². The maximum Gasteiger partial charge on any atom is 0.221 e. The second-order valence-electron chi connectivity index (χ2n) is 7.48. The molecule has 30 heavy (non-hydrogen) atoms. The summed E-state index contributed by atoms with van der Waals surface area (Å²) in [6, 6.07) is 13.5. The van der Waals surface area contributed by atoms with Gasteiger partial charge >= 0.3 is 0 Å². The van der Waals surface area contributed by atoms with Gasteiger partial charge in [-0.1, -0.05) is 24.3 Å². The summed E-state index contributed by atoms with van der Waals surface area (Å²) in [6.45, 7) is 1.58. The second-order valence-corrected chi connectivity index (χ2v) is 9.64. The third-order valence-electron chi connectivity index (χ3n) is 5.80. The number of sulfonamides is 1. The van der Waals surface area contributed by atoms with Gasteiger partial charge in [0.25, 0.3) is 0 Å². The summed E-state index contributed by atoms with van der Waals surface area (Å²) >= 11 is 0. The molecule has 2 heterocycles. The number of hydroxylamine groups is 2. The van der Waals surface area contributed by atoms with Crippen molar-refractivity contribution in [1.82, 2.24) is 9.37 Å². The normalized spacial score (nSPS) is 23.6. The van der Waals surface area contributed by atoms with Crippen molar-refractivity contribution in [3.63, 3.8) is 0 Å². The van der Waals surface area contributed by atoms with Gasteiger partial charge in [-0.05, 0) is 29.8 Å². The predicted molar refractivity (Wildman–Crippen MR) is 112 cm³/mol. The number of para-hydroxylation sites is 1. The van der Waals surface area contributed by atoms with Gasteiger partial charge in [0.1, 0.15) is 16.8 Å². The van der Waals surface area contributed by atoms with Crippen LogP contribution in [-0.2, 0) is 14.9 Å². The Morgan fingerprint density at radius 2 is 1.80 bits per heavy atom. The van der Waals surface area contributed by atoms with Crippen LogP contribution >= 0.6 is 0 Å². The van der Waals surface area contributed by atoms with Crippen LogP contribution in [0.2, 0.25) is 0 Å². The molecule has 0 radical (unpaired) electrons. The van der Waals surface area contributed by atoms with Crippen LogP contribution in [0.1, 0.15) is 11.6 Å². The molecule has 2 aromatic carbocycles. The summed E-state index contributed by atoms with van der Waals surface area (Å²) in [5, 5.41) is 0.877. The van der Waals surface area contributed by atoms with Crippen LogP contribution in [0.4, 0.5) is 10.1 Å². The fourth-order valence-corrected chi connectivity index (χ4v) is 6.12. The van der Waals surface area contributed by atoms with E-state index in [1.807, 2.05) is 29.2 Å². The Labute approximate surface area is 176 Å². The quantitative estimate of drug-likeness (QED) is 0.718. The molecule has 2 fully saturated rings. The number of methoxy groups -OCH3 is 1. The summed E-state index contributed by atoms with van der Waals surface area (Å²) in [5.41, 5.74) is 1.33. The van der Waals surface area contributed by atoms with Crippen molar-refractivity contribution in [2.75, 3.05) is 51.8 Å². The predicted octanol–water partition coefficient (Wildman–Crippen LogP) is 2.27. The van der Waals surface area contributed by atoms with E-state index in [-0.39, 0.29) is 12.4 Å². The molecule has 0 amide bonds. The van der Waals surface area contributed by atoms with E-state index in [2.05, 4.69) is 0 Å².